The molecule has 0 radical (unpaired) electrons. The quantitative estimate of drug-likeness (QED) is 0.806. The first kappa shape index (κ1) is 15.6. The Labute approximate surface area is 129 Å². The molecule has 4 heteroatoms. The van der Waals surface area contributed by atoms with Crippen molar-refractivity contribution in [3.63, 3.8) is 0 Å². The van der Waals surface area contributed by atoms with E-state index in [4.69, 9.17) is 0 Å². The molecule has 0 saturated carbocycles. The highest BCUT2D eigenvalue weighted by Crippen LogP contribution is 2.22. The first-order valence-corrected chi connectivity index (χ1v) is 7.77. The summed E-state index contributed by atoms with van der Waals surface area (Å²) in [6.45, 7) is 2.56. The van der Waals surface area contributed by atoms with Crippen molar-refractivity contribution in [2.45, 2.75) is 23.2 Å². The smallest absolute Gasteiger partial charge is 0.253 e. The van der Waals surface area contributed by atoms with Gasteiger partial charge in [-0.15, -0.1) is 11.8 Å². The van der Waals surface area contributed by atoms with Crippen molar-refractivity contribution in [1.29, 1.82) is 0 Å². The van der Waals surface area contributed by atoms with Crippen molar-refractivity contribution in [3.8, 4) is 0 Å². The van der Waals surface area contributed by atoms with Crippen LogP contribution in [0.1, 0.15) is 18.6 Å². The van der Waals surface area contributed by atoms with Gasteiger partial charge in [-0.1, -0.05) is 55.5 Å². The minimum atomic E-state index is -1.11. The van der Waals surface area contributed by atoms with Gasteiger partial charge in [0, 0.05) is 16.7 Å². The molecule has 2 unspecified atom stereocenters. The third kappa shape index (κ3) is 4.92. The summed E-state index contributed by atoms with van der Waals surface area (Å²) >= 11 is 1.70. The summed E-state index contributed by atoms with van der Waals surface area (Å²) in [4.78, 5) is 13.1. The van der Waals surface area contributed by atoms with E-state index in [1.807, 2.05) is 43.3 Å². The summed E-state index contributed by atoms with van der Waals surface area (Å²) in [5.41, 5.74) is 0.610. The van der Waals surface area contributed by atoms with Gasteiger partial charge in [0.2, 0.25) is 0 Å². The monoisotopic (exact) mass is 301 g/mol. The van der Waals surface area contributed by atoms with Crippen LogP contribution in [0.25, 0.3) is 0 Å². The lowest BCUT2D eigenvalue weighted by molar-refractivity contribution is -0.129. The number of hydrogen-bond donors (Lipinski definition) is 2. The van der Waals surface area contributed by atoms with Crippen molar-refractivity contribution >= 4 is 17.7 Å². The molecule has 0 aromatic heterocycles. The normalized spacial score (nSPS) is 13.4. The molecule has 0 aliphatic carbocycles. The highest BCUT2D eigenvalue weighted by molar-refractivity contribution is 8.00. The number of benzene rings is 2. The average Bonchev–Trinajstić information content (AvgIpc) is 2.53. The van der Waals surface area contributed by atoms with Crippen molar-refractivity contribution < 1.29 is 9.90 Å². The van der Waals surface area contributed by atoms with Gasteiger partial charge in [-0.05, 0) is 17.7 Å². The molecule has 110 valence electrons. The van der Waals surface area contributed by atoms with Gasteiger partial charge in [0.1, 0.15) is 0 Å². The summed E-state index contributed by atoms with van der Waals surface area (Å²) in [7, 11) is 0. The van der Waals surface area contributed by atoms with E-state index in [1.54, 1.807) is 36.0 Å². The Morgan fingerprint density at radius 2 is 1.67 bits per heavy atom. The lowest BCUT2D eigenvalue weighted by Crippen LogP contribution is -2.33. The van der Waals surface area contributed by atoms with Crippen LogP contribution in [0, 0.1) is 0 Å². The molecule has 2 atom stereocenters. The van der Waals surface area contributed by atoms with Gasteiger partial charge in [0.15, 0.2) is 6.10 Å². The zero-order valence-corrected chi connectivity index (χ0v) is 12.7. The lowest BCUT2D eigenvalue weighted by atomic mass is 10.1. The van der Waals surface area contributed by atoms with Crippen LogP contribution in [-0.2, 0) is 4.79 Å². The molecule has 3 nitrogen and oxygen atoms in total. The number of thioether (sulfide) groups is 1. The number of rotatable bonds is 6. The molecule has 0 aliphatic rings. The van der Waals surface area contributed by atoms with Crippen LogP contribution in [0.2, 0.25) is 0 Å². The Morgan fingerprint density at radius 3 is 2.29 bits per heavy atom. The van der Waals surface area contributed by atoms with Crippen LogP contribution in [0.3, 0.4) is 0 Å². The molecule has 0 aliphatic heterocycles. The van der Waals surface area contributed by atoms with Crippen molar-refractivity contribution in [2.24, 2.45) is 0 Å². The maximum Gasteiger partial charge on any atom is 0.253 e. The highest BCUT2D eigenvalue weighted by atomic mass is 32.2. The summed E-state index contributed by atoms with van der Waals surface area (Å²) in [6.07, 6.45) is -1.11. The predicted octanol–water partition coefficient (Wildman–Crippen LogP) is 3.02. The fourth-order valence-electron chi connectivity index (χ4n) is 1.90. The van der Waals surface area contributed by atoms with Crippen LogP contribution in [0.4, 0.5) is 0 Å². The maximum atomic E-state index is 11.9. The lowest BCUT2D eigenvalue weighted by Gasteiger charge is -2.15. The zero-order chi connectivity index (χ0) is 15.1. The summed E-state index contributed by atoms with van der Waals surface area (Å²) in [6, 6.07) is 19.0. The topological polar surface area (TPSA) is 49.3 Å². The second kappa shape index (κ2) is 7.86. The Kier molecular flexibility index (Phi) is 5.84. The second-order valence-electron chi connectivity index (χ2n) is 4.80. The summed E-state index contributed by atoms with van der Waals surface area (Å²) in [5.74, 6) is -0.360. The van der Waals surface area contributed by atoms with Crippen LogP contribution >= 0.6 is 11.8 Å². The van der Waals surface area contributed by atoms with Gasteiger partial charge in [-0.25, -0.2) is 0 Å². The van der Waals surface area contributed by atoms with Crippen molar-refractivity contribution in [3.05, 3.63) is 66.2 Å². The first-order valence-electron chi connectivity index (χ1n) is 6.89. The largest absolute Gasteiger partial charge is 0.378 e. The maximum absolute atomic E-state index is 11.9. The van der Waals surface area contributed by atoms with E-state index in [0.29, 0.717) is 12.1 Å². The first-order chi connectivity index (χ1) is 10.2. The molecule has 21 heavy (non-hydrogen) atoms. The minimum absolute atomic E-state index is 0.235. The van der Waals surface area contributed by atoms with E-state index in [-0.39, 0.29) is 11.2 Å². The number of carbonyl (C=O) groups is 1. The third-order valence-corrected chi connectivity index (χ3v) is 4.12. The van der Waals surface area contributed by atoms with Crippen LogP contribution in [-0.4, -0.2) is 22.8 Å². The number of hydrogen-bond acceptors (Lipinski definition) is 3. The Morgan fingerprint density at radius 1 is 1.10 bits per heavy atom. The van der Waals surface area contributed by atoms with E-state index >= 15 is 0 Å². The third-order valence-electron chi connectivity index (χ3n) is 3.01. The molecule has 2 rings (SSSR count). The molecule has 0 spiro atoms. The van der Waals surface area contributed by atoms with Crippen LogP contribution in [0.15, 0.2) is 65.6 Å². The van der Waals surface area contributed by atoms with Gasteiger partial charge >= 0.3 is 0 Å². The fourth-order valence-corrected chi connectivity index (χ4v) is 2.85. The van der Waals surface area contributed by atoms with Gasteiger partial charge in [-0.3, -0.25) is 4.79 Å². The van der Waals surface area contributed by atoms with Gasteiger partial charge in [0.05, 0.1) is 0 Å². The van der Waals surface area contributed by atoms with Gasteiger partial charge < -0.3 is 10.4 Å². The molecule has 0 heterocycles. The van der Waals surface area contributed by atoms with E-state index in [0.717, 1.165) is 0 Å². The molecular formula is C17H19NO2S. The number of aliphatic hydroxyl groups excluding tert-OH is 1. The SMILES string of the molecule is CC(CNC(=O)C(O)c1ccccc1)Sc1ccccc1. The standard InChI is InChI=1S/C17H19NO2S/c1-13(21-15-10-6-3-7-11-15)12-18-17(20)16(19)14-8-4-2-5-9-14/h2-11,13,16,19H,12H2,1H3,(H,18,20). The molecule has 0 bridgehead atoms. The fraction of sp³-hybridized carbons (Fsp3) is 0.235. The Hall–Kier alpha value is -1.78. The van der Waals surface area contributed by atoms with Gasteiger partial charge in [0.25, 0.3) is 5.91 Å². The molecule has 1 amide bonds. The highest BCUT2D eigenvalue weighted by Gasteiger charge is 2.17. The molecule has 2 aromatic carbocycles. The van der Waals surface area contributed by atoms with E-state index in [9.17, 15) is 9.90 Å². The van der Waals surface area contributed by atoms with E-state index in [1.165, 1.54) is 4.90 Å². The van der Waals surface area contributed by atoms with Gasteiger partial charge in [-0.2, -0.15) is 0 Å². The van der Waals surface area contributed by atoms with E-state index < -0.39 is 6.10 Å². The molecule has 2 N–H and O–H groups in total. The number of nitrogens with one attached hydrogen (secondary N) is 1. The second-order valence-corrected chi connectivity index (χ2v) is 6.31. The average molecular weight is 301 g/mol. The van der Waals surface area contributed by atoms with Crippen molar-refractivity contribution in [1.82, 2.24) is 5.32 Å². The van der Waals surface area contributed by atoms with E-state index in [2.05, 4.69) is 5.32 Å². The number of carbonyl (C=O) groups excluding carboxylic acids is 1. The summed E-state index contributed by atoms with van der Waals surface area (Å²) < 4.78 is 0. The van der Waals surface area contributed by atoms with Crippen molar-refractivity contribution in [2.75, 3.05) is 6.54 Å². The van der Waals surface area contributed by atoms with Crippen LogP contribution in [0.5, 0.6) is 0 Å². The molecular weight excluding hydrogens is 282 g/mol. The molecule has 0 fully saturated rings. The zero-order valence-electron chi connectivity index (χ0n) is 11.9. The molecule has 0 saturated heterocycles. The Bertz CT molecular complexity index is 560. The Balaban J connectivity index is 1.81. The molecule has 2 aromatic rings. The number of aliphatic hydroxyl groups is 1. The predicted molar refractivity (Wildman–Crippen MR) is 86.2 cm³/mol. The number of amides is 1. The van der Waals surface area contributed by atoms with Crippen LogP contribution < -0.4 is 5.32 Å². The minimum Gasteiger partial charge on any atom is -0.378 e. The summed E-state index contributed by atoms with van der Waals surface area (Å²) in [5, 5.41) is 13.0.